The maximum atomic E-state index is 12.1. The monoisotopic (exact) mass is 298 g/mol. The van der Waals surface area contributed by atoms with Crippen LogP contribution in [0.15, 0.2) is 24.3 Å². The Morgan fingerprint density at radius 3 is 2.81 bits per heavy atom. The van der Waals surface area contributed by atoms with Crippen LogP contribution in [0.5, 0.6) is 5.75 Å². The molecule has 1 fully saturated rings. The summed E-state index contributed by atoms with van der Waals surface area (Å²) in [6.45, 7) is -2.99. The van der Waals surface area contributed by atoms with Crippen LogP contribution in [-0.4, -0.2) is 30.4 Å². The summed E-state index contributed by atoms with van der Waals surface area (Å²) in [6.07, 6.45) is 0.328. The second kappa shape index (κ2) is 6.29. The molecule has 3 amide bonds. The summed E-state index contributed by atoms with van der Waals surface area (Å²) in [4.78, 5) is 34.5. The average molecular weight is 298 g/mol. The number of hydrogen-bond acceptors (Lipinski definition) is 4. The van der Waals surface area contributed by atoms with E-state index < -0.39 is 30.4 Å². The fourth-order valence-electron chi connectivity index (χ4n) is 1.89. The van der Waals surface area contributed by atoms with E-state index in [2.05, 4.69) is 15.4 Å². The van der Waals surface area contributed by atoms with Gasteiger partial charge in [0.1, 0.15) is 11.8 Å². The van der Waals surface area contributed by atoms with Crippen LogP contribution in [0, 0.1) is 0 Å². The minimum absolute atomic E-state index is 0.0813. The summed E-state index contributed by atoms with van der Waals surface area (Å²) in [6, 6.07) is 4.40. The molecule has 1 aliphatic rings. The molecule has 1 atom stereocenters. The van der Waals surface area contributed by atoms with Crippen molar-refractivity contribution >= 4 is 17.7 Å². The van der Waals surface area contributed by atoms with Gasteiger partial charge in [0.05, 0.1) is 0 Å². The molecule has 1 aromatic rings. The van der Waals surface area contributed by atoms with Crippen molar-refractivity contribution < 1.29 is 27.9 Å². The Morgan fingerprint density at radius 1 is 1.38 bits per heavy atom. The number of amides is 3. The minimum Gasteiger partial charge on any atom is -0.435 e. The zero-order valence-corrected chi connectivity index (χ0v) is 10.8. The fraction of sp³-hybridized carbons (Fsp3) is 0.308. The number of carbonyl (C=O) groups excluding carboxylic acids is 3. The van der Waals surface area contributed by atoms with E-state index in [1.807, 2.05) is 0 Å². The molecule has 2 N–H and O–H groups in total. The van der Waals surface area contributed by atoms with Gasteiger partial charge in [-0.3, -0.25) is 19.7 Å². The van der Waals surface area contributed by atoms with Crippen LogP contribution in [0.4, 0.5) is 8.78 Å². The predicted octanol–water partition coefficient (Wildman–Crippen LogP) is 0.823. The number of alkyl halides is 2. The highest BCUT2D eigenvalue weighted by molar-refractivity contribution is 6.03. The Kier molecular flexibility index (Phi) is 4.46. The molecule has 112 valence electrons. The molecule has 6 nitrogen and oxygen atoms in total. The Bertz CT molecular complexity index is 577. The summed E-state index contributed by atoms with van der Waals surface area (Å²) in [5, 5.41) is 4.55. The van der Waals surface area contributed by atoms with Crippen molar-refractivity contribution in [2.24, 2.45) is 0 Å². The highest BCUT2D eigenvalue weighted by Gasteiger charge is 2.28. The molecule has 21 heavy (non-hydrogen) atoms. The van der Waals surface area contributed by atoms with Gasteiger partial charge >= 0.3 is 6.61 Å². The van der Waals surface area contributed by atoms with Gasteiger partial charge in [-0.25, -0.2) is 0 Å². The molecule has 1 unspecified atom stereocenters. The van der Waals surface area contributed by atoms with Crippen LogP contribution in [0.1, 0.15) is 23.2 Å². The van der Waals surface area contributed by atoms with Crippen LogP contribution >= 0.6 is 0 Å². The van der Waals surface area contributed by atoms with Crippen molar-refractivity contribution in [1.29, 1.82) is 0 Å². The summed E-state index contributed by atoms with van der Waals surface area (Å²) >= 11 is 0. The van der Waals surface area contributed by atoms with Gasteiger partial charge in [0.25, 0.3) is 5.91 Å². The Morgan fingerprint density at radius 2 is 2.14 bits per heavy atom. The van der Waals surface area contributed by atoms with Gasteiger partial charge in [-0.15, -0.1) is 0 Å². The van der Waals surface area contributed by atoms with E-state index in [0.717, 1.165) is 6.07 Å². The smallest absolute Gasteiger partial charge is 0.387 e. The van der Waals surface area contributed by atoms with Crippen molar-refractivity contribution in [2.75, 3.05) is 0 Å². The molecule has 8 heteroatoms. The van der Waals surface area contributed by atoms with E-state index >= 15 is 0 Å². The maximum Gasteiger partial charge on any atom is 0.387 e. The second-order valence-corrected chi connectivity index (χ2v) is 4.38. The first-order valence-corrected chi connectivity index (χ1v) is 6.15. The second-order valence-electron chi connectivity index (χ2n) is 4.38. The number of benzene rings is 1. The van der Waals surface area contributed by atoms with Crippen molar-refractivity contribution in [3.63, 3.8) is 0 Å². The fourth-order valence-corrected chi connectivity index (χ4v) is 1.89. The van der Waals surface area contributed by atoms with Crippen LogP contribution in [-0.2, 0) is 9.59 Å². The number of ether oxygens (including phenoxy) is 1. The first-order valence-electron chi connectivity index (χ1n) is 6.15. The lowest BCUT2D eigenvalue weighted by Gasteiger charge is -2.21. The number of imide groups is 1. The first-order chi connectivity index (χ1) is 9.95. The molecule has 1 aromatic carbocycles. The first kappa shape index (κ1) is 14.9. The molecule has 0 aromatic heterocycles. The molecule has 0 spiro atoms. The number of piperidine rings is 1. The molecule has 0 saturated carbocycles. The van der Waals surface area contributed by atoms with Gasteiger partial charge < -0.3 is 10.1 Å². The minimum atomic E-state index is -2.99. The molecular weight excluding hydrogens is 286 g/mol. The summed E-state index contributed by atoms with van der Waals surface area (Å²) in [7, 11) is 0. The van der Waals surface area contributed by atoms with E-state index in [-0.39, 0.29) is 24.2 Å². The zero-order chi connectivity index (χ0) is 15.4. The molecule has 1 aliphatic heterocycles. The summed E-state index contributed by atoms with van der Waals surface area (Å²) in [5.41, 5.74) is 0.0813. The average Bonchev–Trinajstić information content (AvgIpc) is 2.41. The lowest BCUT2D eigenvalue weighted by atomic mass is 10.1. The van der Waals surface area contributed by atoms with Gasteiger partial charge in [0.2, 0.25) is 11.8 Å². The van der Waals surface area contributed by atoms with Gasteiger partial charge in [-0.05, 0) is 24.6 Å². The lowest BCUT2D eigenvalue weighted by molar-refractivity contribution is -0.134. The number of carbonyl (C=O) groups is 3. The van der Waals surface area contributed by atoms with Crippen molar-refractivity contribution in [2.45, 2.75) is 25.5 Å². The van der Waals surface area contributed by atoms with E-state index in [1.54, 1.807) is 0 Å². The van der Waals surface area contributed by atoms with Crippen LogP contribution in [0.3, 0.4) is 0 Å². The van der Waals surface area contributed by atoms with E-state index in [4.69, 9.17) is 0 Å². The highest BCUT2D eigenvalue weighted by Crippen LogP contribution is 2.16. The third-order valence-electron chi connectivity index (χ3n) is 2.87. The van der Waals surface area contributed by atoms with E-state index in [9.17, 15) is 23.2 Å². The van der Waals surface area contributed by atoms with E-state index in [1.165, 1.54) is 18.2 Å². The van der Waals surface area contributed by atoms with Crippen molar-refractivity contribution in [3.05, 3.63) is 29.8 Å². The Hall–Kier alpha value is -2.51. The van der Waals surface area contributed by atoms with Crippen molar-refractivity contribution in [3.8, 4) is 5.75 Å². The number of rotatable bonds is 4. The highest BCUT2D eigenvalue weighted by atomic mass is 19.3. The molecule has 1 saturated heterocycles. The maximum absolute atomic E-state index is 12.1. The summed E-state index contributed by atoms with van der Waals surface area (Å²) < 4.78 is 28.4. The van der Waals surface area contributed by atoms with Gasteiger partial charge in [0.15, 0.2) is 0 Å². The molecule has 1 heterocycles. The van der Waals surface area contributed by atoms with Crippen LogP contribution in [0.2, 0.25) is 0 Å². The quantitative estimate of drug-likeness (QED) is 0.806. The molecule has 2 rings (SSSR count). The number of halogens is 2. The third kappa shape index (κ3) is 3.98. The topological polar surface area (TPSA) is 84.5 Å². The Labute approximate surface area is 118 Å². The number of hydrogen-bond donors (Lipinski definition) is 2. The van der Waals surface area contributed by atoms with Gasteiger partial charge in [-0.2, -0.15) is 8.78 Å². The van der Waals surface area contributed by atoms with Crippen LogP contribution < -0.4 is 15.4 Å². The third-order valence-corrected chi connectivity index (χ3v) is 2.87. The van der Waals surface area contributed by atoms with E-state index in [0.29, 0.717) is 0 Å². The number of nitrogens with one attached hydrogen (secondary N) is 2. The molecular formula is C13H12F2N2O4. The molecule has 0 radical (unpaired) electrons. The summed E-state index contributed by atoms with van der Waals surface area (Å²) in [5.74, 6) is -1.73. The van der Waals surface area contributed by atoms with Crippen LogP contribution in [0.25, 0.3) is 0 Å². The normalized spacial score (nSPS) is 18.3. The zero-order valence-electron chi connectivity index (χ0n) is 10.8. The lowest BCUT2D eigenvalue weighted by Crippen LogP contribution is -2.52. The predicted molar refractivity (Wildman–Crippen MR) is 66.7 cm³/mol. The Balaban J connectivity index is 2.03. The molecule has 0 aliphatic carbocycles. The van der Waals surface area contributed by atoms with Gasteiger partial charge in [0, 0.05) is 12.0 Å². The van der Waals surface area contributed by atoms with Crippen molar-refractivity contribution in [1.82, 2.24) is 10.6 Å². The van der Waals surface area contributed by atoms with Gasteiger partial charge in [-0.1, -0.05) is 6.07 Å². The standard InChI is InChI=1S/C13H12F2N2O4/c14-13(15)21-8-3-1-2-7(6-8)11(19)16-9-4-5-10(18)17-12(9)20/h1-3,6,9,13H,4-5H2,(H,16,19)(H,17,18,20). The largest absolute Gasteiger partial charge is 0.435 e. The SMILES string of the molecule is O=C1CCC(NC(=O)c2cccc(OC(F)F)c2)C(=O)N1. The molecule has 0 bridgehead atoms.